The molecule has 0 unspecified atom stereocenters. The number of benzene rings is 2. The highest BCUT2D eigenvalue weighted by Crippen LogP contribution is 2.40. The maximum absolute atomic E-state index is 6.02. The molecule has 0 fully saturated rings. The summed E-state index contributed by atoms with van der Waals surface area (Å²) in [7, 11) is 4.73. The first kappa shape index (κ1) is 18.8. The van der Waals surface area contributed by atoms with Gasteiger partial charge in [0.05, 0.1) is 39.4 Å². The first-order valence-electron chi connectivity index (χ1n) is 8.25. The summed E-state index contributed by atoms with van der Waals surface area (Å²) < 4.78 is 16.2. The van der Waals surface area contributed by atoms with Crippen molar-refractivity contribution in [3.63, 3.8) is 0 Å². The second kappa shape index (κ2) is 8.60. The van der Waals surface area contributed by atoms with Crippen LogP contribution >= 0.6 is 11.6 Å². The second-order valence-corrected chi connectivity index (χ2v) is 6.12. The van der Waals surface area contributed by atoms with Crippen LogP contribution in [0.3, 0.4) is 0 Å². The molecule has 7 heteroatoms. The third-order valence-corrected chi connectivity index (χ3v) is 4.19. The minimum absolute atomic E-state index is 0.534. The van der Waals surface area contributed by atoms with Gasteiger partial charge < -0.3 is 19.5 Å². The first-order valence-corrected chi connectivity index (χ1v) is 8.63. The molecule has 0 saturated carbocycles. The van der Waals surface area contributed by atoms with Crippen LogP contribution in [0.5, 0.6) is 17.2 Å². The topological polar surface area (TPSA) is 65.5 Å². The number of nitrogens with zero attached hydrogens (tertiary/aromatic N) is 2. The van der Waals surface area contributed by atoms with Gasteiger partial charge in [0.2, 0.25) is 5.75 Å². The Morgan fingerprint density at radius 1 is 0.963 bits per heavy atom. The lowest BCUT2D eigenvalue weighted by molar-refractivity contribution is 0.324. The highest BCUT2D eigenvalue weighted by Gasteiger charge is 2.15. The summed E-state index contributed by atoms with van der Waals surface area (Å²) in [5, 5.41) is 3.96. The first-order chi connectivity index (χ1) is 13.1. The summed E-state index contributed by atoms with van der Waals surface area (Å²) in [5.74, 6) is 2.31. The Bertz CT molecular complexity index is 909. The van der Waals surface area contributed by atoms with E-state index < -0.39 is 0 Å². The predicted octanol–water partition coefficient (Wildman–Crippen LogP) is 4.43. The van der Waals surface area contributed by atoms with Gasteiger partial charge in [-0.2, -0.15) is 0 Å². The van der Waals surface area contributed by atoms with Crippen LogP contribution < -0.4 is 19.5 Å². The van der Waals surface area contributed by atoms with E-state index in [4.69, 9.17) is 25.8 Å². The number of halogens is 1. The fourth-order valence-electron chi connectivity index (χ4n) is 2.66. The zero-order valence-electron chi connectivity index (χ0n) is 15.3. The van der Waals surface area contributed by atoms with Gasteiger partial charge in [-0.1, -0.05) is 23.7 Å². The van der Waals surface area contributed by atoms with Crippen LogP contribution in [-0.2, 0) is 6.54 Å². The van der Waals surface area contributed by atoms with Gasteiger partial charge in [-0.15, -0.1) is 0 Å². The van der Waals surface area contributed by atoms with Gasteiger partial charge in [-0.05, 0) is 29.8 Å². The lowest BCUT2D eigenvalue weighted by Gasteiger charge is -2.14. The van der Waals surface area contributed by atoms with E-state index in [1.165, 1.54) is 0 Å². The van der Waals surface area contributed by atoms with Crippen molar-refractivity contribution in [1.29, 1.82) is 0 Å². The molecule has 0 aliphatic rings. The quantitative estimate of drug-likeness (QED) is 0.648. The molecule has 0 radical (unpaired) electrons. The molecule has 0 aliphatic carbocycles. The fraction of sp³-hybridized carbons (Fsp3) is 0.200. The Labute approximate surface area is 163 Å². The fourth-order valence-corrected chi connectivity index (χ4v) is 2.87. The molecule has 3 aromatic rings. The molecule has 0 bridgehead atoms. The smallest absolute Gasteiger partial charge is 0.203 e. The number of ether oxygens (including phenoxy) is 3. The SMILES string of the molecule is COc1cc(-c2cncc(NCc3cccc(Cl)c3)n2)cc(OC)c1OC. The van der Waals surface area contributed by atoms with E-state index in [2.05, 4.69) is 15.3 Å². The number of hydrogen-bond donors (Lipinski definition) is 1. The van der Waals surface area contributed by atoms with E-state index in [0.717, 1.165) is 11.1 Å². The molecule has 2 aromatic carbocycles. The van der Waals surface area contributed by atoms with Crippen LogP contribution in [0.25, 0.3) is 11.3 Å². The van der Waals surface area contributed by atoms with Gasteiger partial charge in [0, 0.05) is 17.1 Å². The van der Waals surface area contributed by atoms with Crippen LogP contribution in [0, 0.1) is 0 Å². The maximum Gasteiger partial charge on any atom is 0.203 e. The summed E-state index contributed by atoms with van der Waals surface area (Å²) in [5.41, 5.74) is 2.55. The molecular formula is C20H20ClN3O3. The number of rotatable bonds is 7. The van der Waals surface area contributed by atoms with Crippen molar-refractivity contribution in [1.82, 2.24) is 9.97 Å². The molecule has 3 rings (SSSR count). The lowest BCUT2D eigenvalue weighted by atomic mass is 10.1. The monoisotopic (exact) mass is 385 g/mol. The highest BCUT2D eigenvalue weighted by molar-refractivity contribution is 6.30. The van der Waals surface area contributed by atoms with Gasteiger partial charge in [0.1, 0.15) is 5.82 Å². The number of anilines is 1. The third-order valence-electron chi connectivity index (χ3n) is 3.96. The second-order valence-electron chi connectivity index (χ2n) is 5.69. The van der Waals surface area contributed by atoms with E-state index in [-0.39, 0.29) is 0 Å². The number of nitrogens with one attached hydrogen (secondary N) is 1. The summed E-state index contributed by atoms with van der Waals surface area (Å²) in [6.07, 6.45) is 3.36. The summed E-state index contributed by atoms with van der Waals surface area (Å²) in [6.45, 7) is 0.591. The Hall–Kier alpha value is -2.99. The van der Waals surface area contributed by atoms with Crippen LogP contribution in [-0.4, -0.2) is 31.3 Å². The Morgan fingerprint density at radius 3 is 2.33 bits per heavy atom. The van der Waals surface area contributed by atoms with Crippen molar-refractivity contribution < 1.29 is 14.2 Å². The molecule has 1 heterocycles. The Morgan fingerprint density at radius 2 is 1.70 bits per heavy atom. The maximum atomic E-state index is 6.02. The van der Waals surface area contributed by atoms with Crippen LogP contribution in [0.2, 0.25) is 5.02 Å². The molecule has 1 N–H and O–H groups in total. The van der Waals surface area contributed by atoms with Crippen molar-refractivity contribution in [3.05, 3.63) is 59.4 Å². The summed E-state index contributed by atoms with van der Waals surface area (Å²) in [4.78, 5) is 8.91. The zero-order valence-corrected chi connectivity index (χ0v) is 16.1. The number of aromatic nitrogens is 2. The van der Waals surface area contributed by atoms with Crippen LogP contribution in [0.4, 0.5) is 5.82 Å². The average Bonchev–Trinajstić information content (AvgIpc) is 2.71. The van der Waals surface area contributed by atoms with E-state index in [1.807, 2.05) is 36.4 Å². The van der Waals surface area contributed by atoms with Crippen molar-refractivity contribution >= 4 is 17.4 Å². The van der Waals surface area contributed by atoms with Crippen LogP contribution in [0.15, 0.2) is 48.8 Å². The molecule has 140 valence electrons. The van der Waals surface area contributed by atoms with E-state index in [1.54, 1.807) is 33.7 Å². The lowest BCUT2D eigenvalue weighted by Crippen LogP contribution is -2.03. The van der Waals surface area contributed by atoms with Crippen molar-refractivity contribution in [2.75, 3.05) is 26.6 Å². The van der Waals surface area contributed by atoms with Gasteiger partial charge in [-0.3, -0.25) is 4.98 Å². The number of hydrogen-bond acceptors (Lipinski definition) is 6. The Balaban J connectivity index is 1.87. The normalized spacial score (nSPS) is 10.4. The van der Waals surface area contributed by atoms with Crippen molar-refractivity contribution in [2.24, 2.45) is 0 Å². The van der Waals surface area contributed by atoms with Crippen molar-refractivity contribution in [3.8, 4) is 28.5 Å². The Kier molecular flexibility index (Phi) is 5.98. The molecule has 0 spiro atoms. The molecule has 27 heavy (non-hydrogen) atoms. The molecule has 1 aromatic heterocycles. The zero-order chi connectivity index (χ0) is 19.2. The van der Waals surface area contributed by atoms with E-state index >= 15 is 0 Å². The van der Waals surface area contributed by atoms with Gasteiger partial charge >= 0.3 is 0 Å². The molecule has 0 atom stereocenters. The van der Waals surface area contributed by atoms with E-state index in [0.29, 0.717) is 40.3 Å². The van der Waals surface area contributed by atoms with Crippen molar-refractivity contribution in [2.45, 2.75) is 6.54 Å². The summed E-state index contributed by atoms with van der Waals surface area (Å²) in [6, 6.07) is 11.3. The molecular weight excluding hydrogens is 366 g/mol. The standard InChI is InChI=1S/C20H20ClN3O3/c1-25-17-8-14(9-18(26-2)20(17)27-3)16-11-22-12-19(24-16)23-10-13-5-4-6-15(21)7-13/h4-9,11-12H,10H2,1-3H3,(H,23,24). The molecule has 0 amide bonds. The van der Waals surface area contributed by atoms with Crippen LogP contribution in [0.1, 0.15) is 5.56 Å². The minimum Gasteiger partial charge on any atom is -0.493 e. The minimum atomic E-state index is 0.534. The predicted molar refractivity (Wildman–Crippen MR) is 106 cm³/mol. The third kappa shape index (κ3) is 4.41. The van der Waals surface area contributed by atoms with Gasteiger partial charge in [0.15, 0.2) is 11.5 Å². The largest absolute Gasteiger partial charge is 0.493 e. The molecule has 0 aliphatic heterocycles. The van der Waals surface area contributed by atoms with Gasteiger partial charge in [-0.25, -0.2) is 4.98 Å². The molecule has 6 nitrogen and oxygen atoms in total. The molecule has 0 saturated heterocycles. The van der Waals surface area contributed by atoms with E-state index in [9.17, 15) is 0 Å². The summed E-state index contributed by atoms with van der Waals surface area (Å²) >= 11 is 6.02. The number of methoxy groups -OCH3 is 3. The highest BCUT2D eigenvalue weighted by atomic mass is 35.5. The van der Waals surface area contributed by atoms with Gasteiger partial charge in [0.25, 0.3) is 0 Å². The average molecular weight is 386 g/mol.